The third-order valence-corrected chi connectivity index (χ3v) is 4.12. The van der Waals surface area contributed by atoms with Crippen LogP contribution in [-0.4, -0.2) is 53.8 Å². The molecule has 8 heteroatoms. The van der Waals surface area contributed by atoms with Crippen LogP contribution in [0.5, 0.6) is 0 Å². The third kappa shape index (κ3) is 3.70. The van der Waals surface area contributed by atoms with Gasteiger partial charge < -0.3 is 24.4 Å². The van der Waals surface area contributed by atoms with Gasteiger partial charge in [0.25, 0.3) is 5.91 Å². The Labute approximate surface area is 152 Å². The predicted molar refractivity (Wildman–Crippen MR) is 98.1 cm³/mol. The van der Waals surface area contributed by atoms with Gasteiger partial charge in [0.05, 0.1) is 6.33 Å². The molecule has 1 aliphatic rings. The molecule has 0 saturated heterocycles. The van der Waals surface area contributed by atoms with Crippen molar-refractivity contribution in [2.24, 2.45) is 0 Å². The number of amides is 2. The van der Waals surface area contributed by atoms with Crippen LogP contribution in [0.2, 0.25) is 0 Å². The second kappa shape index (κ2) is 7.17. The first-order chi connectivity index (χ1) is 12.3. The molecule has 1 aliphatic heterocycles. The average Bonchev–Trinajstić information content (AvgIpc) is 2.95. The van der Waals surface area contributed by atoms with Gasteiger partial charge in [-0.1, -0.05) is 6.07 Å². The highest BCUT2D eigenvalue weighted by atomic mass is 16.5. The van der Waals surface area contributed by atoms with Gasteiger partial charge in [0.1, 0.15) is 20.0 Å². The Hall–Kier alpha value is -2.87. The van der Waals surface area contributed by atoms with E-state index in [2.05, 4.69) is 10.3 Å². The minimum absolute atomic E-state index is 0.00357. The molecule has 0 fully saturated rings. The number of benzene rings is 1. The highest BCUT2D eigenvalue weighted by molar-refractivity contribution is 5.98. The summed E-state index contributed by atoms with van der Waals surface area (Å²) in [7, 11) is 3.45. The summed E-state index contributed by atoms with van der Waals surface area (Å²) in [6.07, 6.45) is 1.51. The molecule has 0 unspecified atom stereocenters. The van der Waals surface area contributed by atoms with E-state index in [1.165, 1.54) is 11.2 Å². The van der Waals surface area contributed by atoms with Gasteiger partial charge in [-0.2, -0.15) is 0 Å². The van der Waals surface area contributed by atoms with E-state index in [9.17, 15) is 9.59 Å². The maximum Gasteiger partial charge on any atom is 0.275 e. The Bertz CT molecular complexity index is 825. The highest BCUT2D eigenvalue weighted by Gasteiger charge is 2.27. The molecule has 3 rings (SSSR count). The number of aromatic nitrogens is 2. The Kier molecular flexibility index (Phi) is 4.94. The van der Waals surface area contributed by atoms with E-state index in [0.29, 0.717) is 18.2 Å². The molecule has 0 bridgehead atoms. The van der Waals surface area contributed by atoms with Crippen molar-refractivity contribution in [1.82, 2.24) is 14.5 Å². The van der Waals surface area contributed by atoms with E-state index in [-0.39, 0.29) is 25.1 Å². The average molecular weight is 357 g/mol. The summed E-state index contributed by atoms with van der Waals surface area (Å²) in [5.41, 5.74) is 3.27. The molecule has 0 atom stereocenters. The van der Waals surface area contributed by atoms with Gasteiger partial charge in [-0.3, -0.25) is 9.59 Å². The van der Waals surface area contributed by atoms with Crippen molar-refractivity contribution < 1.29 is 14.3 Å². The fourth-order valence-electron chi connectivity index (χ4n) is 3.01. The van der Waals surface area contributed by atoms with Crippen LogP contribution in [0.4, 0.5) is 11.5 Å². The van der Waals surface area contributed by atoms with Crippen molar-refractivity contribution in [2.75, 3.05) is 37.8 Å². The van der Waals surface area contributed by atoms with Crippen LogP contribution in [0.25, 0.3) is 0 Å². The minimum Gasteiger partial charge on any atom is -0.341 e. The van der Waals surface area contributed by atoms with E-state index < -0.39 is 0 Å². The topological polar surface area (TPSA) is 79.7 Å². The molecule has 0 saturated carbocycles. The lowest BCUT2D eigenvalue weighted by Gasteiger charge is -2.26. The normalized spacial score (nSPS) is 14.7. The van der Waals surface area contributed by atoms with Crippen molar-refractivity contribution >= 4 is 23.3 Å². The number of hydrogen-bond donors (Lipinski definition) is 1. The number of rotatable bonds is 3. The first-order valence-electron chi connectivity index (χ1n) is 8.33. The summed E-state index contributed by atoms with van der Waals surface area (Å²) < 4.78 is 7.00. The zero-order valence-electron chi connectivity index (χ0n) is 15.4. The molecule has 26 heavy (non-hydrogen) atoms. The van der Waals surface area contributed by atoms with Gasteiger partial charge in [-0.15, -0.1) is 0 Å². The predicted octanol–water partition coefficient (Wildman–Crippen LogP) is 1.59. The summed E-state index contributed by atoms with van der Waals surface area (Å²) in [6, 6.07) is 5.86. The largest absolute Gasteiger partial charge is 0.341 e. The number of ether oxygens (including phenoxy) is 1. The molecule has 0 radical (unpaired) electrons. The molecular weight excluding hydrogens is 334 g/mol. The molecule has 1 N–H and O–H groups in total. The second-order valence-electron chi connectivity index (χ2n) is 6.63. The first-order valence-corrected chi connectivity index (χ1v) is 8.33. The third-order valence-electron chi connectivity index (χ3n) is 4.12. The molecule has 1 aromatic carbocycles. The molecule has 2 aromatic rings. The minimum atomic E-state index is -0.233. The second-order valence-corrected chi connectivity index (χ2v) is 6.63. The number of carbonyl (C=O) groups excluding carboxylic acids is 2. The van der Waals surface area contributed by atoms with E-state index in [0.717, 1.165) is 16.8 Å². The molecule has 0 aliphatic carbocycles. The number of anilines is 2. The fourth-order valence-corrected chi connectivity index (χ4v) is 3.01. The van der Waals surface area contributed by atoms with Crippen LogP contribution in [0, 0.1) is 13.8 Å². The highest BCUT2D eigenvalue weighted by Crippen LogP contribution is 2.21. The maximum absolute atomic E-state index is 12.7. The molecule has 0 spiro atoms. The molecule has 8 nitrogen and oxygen atoms in total. The molecule has 2 amide bonds. The molecule has 1 aromatic heterocycles. The standard InChI is InChI=1S/C18H23N5O3/c1-12-5-13(2)7-14(6-12)20-15(24)8-23-9-19-17-16(23)18(25)22(4)11-26-10-21(17)3/h5-7,9H,8,10-11H2,1-4H3,(H,20,24). The van der Waals surface area contributed by atoms with Gasteiger partial charge in [0.15, 0.2) is 11.5 Å². The molecule has 2 heterocycles. The van der Waals surface area contributed by atoms with E-state index in [4.69, 9.17) is 4.74 Å². The Balaban J connectivity index is 1.83. The van der Waals surface area contributed by atoms with Gasteiger partial charge >= 0.3 is 0 Å². The van der Waals surface area contributed by atoms with E-state index >= 15 is 0 Å². The van der Waals surface area contributed by atoms with Gasteiger partial charge in [0, 0.05) is 19.8 Å². The lowest BCUT2D eigenvalue weighted by atomic mass is 10.1. The van der Waals surface area contributed by atoms with Crippen LogP contribution in [-0.2, 0) is 16.1 Å². The van der Waals surface area contributed by atoms with Crippen molar-refractivity contribution in [3.05, 3.63) is 41.3 Å². The van der Waals surface area contributed by atoms with Crippen LogP contribution in [0.3, 0.4) is 0 Å². The van der Waals surface area contributed by atoms with Crippen molar-refractivity contribution in [1.29, 1.82) is 0 Å². The maximum atomic E-state index is 12.7. The van der Waals surface area contributed by atoms with Gasteiger partial charge in [-0.25, -0.2) is 4.98 Å². The monoisotopic (exact) mass is 357 g/mol. The number of nitrogens with zero attached hydrogens (tertiary/aromatic N) is 4. The summed E-state index contributed by atoms with van der Waals surface area (Å²) in [4.78, 5) is 32.7. The van der Waals surface area contributed by atoms with Crippen LogP contribution >= 0.6 is 0 Å². The number of carbonyl (C=O) groups is 2. The zero-order chi connectivity index (χ0) is 18.8. The van der Waals surface area contributed by atoms with Crippen molar-refractivity contribution in [2.45, 2.75) is 20.4 Å². The number of imidazole rings is 1. The van der Waals surface area contributed by atoms with Crippen LogP contribution in [0.15, 0.2) is 24.5 Å². The summed E-state index contributed by atoms with van der Waals surface area (Å²) in [5.74, 6) is 0.0515. The van der Waals surface area contributed by atoms with Crippen LogP contribution < -0.4 is 10.2 Å². The van der Waals surface area contributed by atoms with Gasteiger partial charge in [0.2, 0.25) is 5.91 Å². The lowest BCUT2D eigenvalue weighted by molar-refractivity contribution is -0.116. The Morgan fingerprint density at radius 3 is 2.50 bits per heavy atom. The molecular formula is C18H23N5O3. The van der Waals surface area contributed by atoms with E-state index in [1.807, 2.05) is 32.0 Å². The zero-order valence-corrected chi connectivity index (χ0v) is 15.4. The van der Waals surface area contributed by atoms with Crippen molar-refractivity contribution in [3.8, 4) is 0 Å². The van der Waals surface area contributed by atoms with Crippen LogP contribution in [0.1, 0.15) is 21.6 Å². The first kappa shape index (κ1) is 17.9. The summed E-state index contributed by atoms with van der Waals surface area (Å²) in [6.45, 7) is 4.46. The lowest BCUT2D eigenvalue weighted by Crippen LogP contribution is -2.38. The summed E-state index contributed by atoms with van der Waals surface area (Å²) >= 11 is 0. The quantitative estimate of drug-likeness (QED) is 0.902. The van der Waals surface area contributed by atoms with E-state index in [1.54, 1.807) is 23.6 Å². The Morgan fingerprint density at radius 2 is 1.81 bits per heavy atom. The number of aryl methyl sites for hydroxylation is 2. The molecule has 138 valence electrons. The number of fused-ring (bicyclic) bond motifs is 1. The number of nitrogens with one attached hydrogen (secondary N) is 1. The smallest absolute Gasteiger partial charge is 0.275 e. The summed E-state index contributed by atoms with van der Waals surface area (Å²) in [5, 5.41) is 2.88. The van der Waals surface area contributed by atoms with Gasteiger partial charge in [-0.05, 0) is 37.1 Å². The Morgan fingerprint density at radius 1 is 1.15 bits per heavy atom. The SMILES string of the molecule is Cc1cc(C)cc(NC(=O)Cn2cnc3c2C(=O)N(C)COCN3C)c1. The fraction of sp³-hybridized carbons (Fsp3) is 0.389. The number of hydrogen-bond acceptors (Lipinski definition) is 5. The van der Waals surface area contributed by atoms with Crippen molar-refractivity contribution in [3.63, 3.8) is 0 Å².